The molecule has 0 saturated heterocycles. The lowest BCUT2D eigenvalue weighted by molar-refractivity contribution is 0.552. The Balaban J connectivity index is 3.33. The first-order chi connectivity index (χ1) is 9.22. The highest BCUT2D eigenvalue weighted by molar-refractivity contribution is 7.80. The first-order valence-electron chi connectivity index (χ1n) is 7.25. The quantitative estimate of drug-likeness (QED) is 0.816. The summed E-state index contributed by atoms with van der Waals surface area (Å²) < 4.78 is 0. The molecule has 0 unspecified atom stereocenters. The minimum Gasteiger partial charge on any atom is -0.389 e. The van der Waals surface area contributed by atoms with Gasteiger partial charge in [-0.25, -0.2) is 0 Å². The largest absolute Gasteiger partial charge is 0.389 e. The van der Waals surface area contributed by atoms with E-state index in [1.54, 1.807) is 0 Å². The molecule has 0 amide bonds. The van der Waals surface area contributed by atoms with Gasteiger partial charge in [0.15, 0.2) is 0 Å². The van der Waals surface area contributed by atoms with Crippen LogP contribution in [0.2, 0.25) is 0 Å². The van der Waals surface area contributed by atoms with E-state index in [2.05, 4.69) is 43.6 Å². The third kappa shape index (κ3) is 4.44. The third-order valence-corrected chi connectivity index (χ3v) is 3.27. The van der Waals surface area contributed by atoms with Gasteiger partial charge in [-0.05, 0) is 31.7 Å². The van der Waals surface area contributed by atoms with Crippen molar-refractivity contribution in [3.05, 3.63) is 23.0 Å². The fourth-order valence-corrected chi connectivity index (χ4v) is 2.77. The van der Waals surface area contributed by atoms with E-state index in [9.17, 15) is 0 Å². The molecule has 0 saturated carbocycles. The van der Waals surface area contributed by atoms with Crippen molar-refractivity contribution in [2.45, 2.75) is 41.5 Å². The molecule has 0 fully saturated rings. The van der Waals surface area contributed by atoms with E-state index in [-0.39, 0.29) is 0 Å². The highest BCUT2D eigenvalue weighted by atomic mass is 32.1. The zero-order valence-electron chi connectivity index (χ0n) is 13.5. The lowest BCUT2D eigenvalue weighted by Gasteiger charge is -2.31. The molecule has 0 aromatic carbocycles. The van der Waals surface area contributed by atoms with E-state index in [1.165, 1.54) is 0 Å². The molecule has 4 heteroatoms. The predicted octanol–water partition coefficient (Wildman–Crippen LogP) is 3.45. The zero-order valence-corrected chi connectivity index (χ0v) is 14.3. The second-order valence-electron chi connectivity index (χ2n) is 6.30. The fraction of sp³-hybridized carbons (Fsp3) is 0.625. The summed E-state index contributed by atoms with van der Waals surface area (Å²) in [6.45, 7) is 14.9. The number of aryl methyl sites for hydroxylation is 2. The summed E-state index contributed by atoms with van der Waals surface area (Å²) >= 11 is 5.24. The molecule has 1 aromatic rings. The summed E-state index contributed by atoms with van der Waals surface area (Å²) in [4.78, 5) is 7.33. The second kappa shape index (κ2) is 7.02. The normalized spacial score (nSPS) is 11.2. The van der Waals surface area contributed by atoms with E-state index in [0.29, 0.717) is 16.8 Å². The number of hydrogen-bond donors (Lipinski definition) is 1. The molecule has 20 heavy (non-hydrogen) atoms. The van der Waals surface area contributed by atoms with Gasteiger partial charge in [0.2, 0.25) is 0 Å². The first kappa shape index (κ1) is 16.9. The Morgan fingerprint density at radius 3 is 2.10 bits per heavy atom. The molecule has 1 aromatic heterocycles. The van der Waals surface area contributed by atoms with Crippen molar-refractivity contribution < 1.29 is 0 Å². The predicted molar refractivity (Wildman–Crippen MR) is 91.5 cm³/mol. The average Bonchev–Trinajstić information content (AvgIpc) is 2.24. The number of hydrogen-bond acceptors (Lipinski definition) is 3. The average molecular weight is 293 g/mol. The van der Waals surface area contributed by atoms with Crippen molar-refractivity contribution in [3.8, 4) is 0 Å². The zero-order chi connectivity index (χ0) is 15.4. The molecule has 0 radical (unpaired) electrons. The molecular weight excluding hydrogens is 266 g/mol. The van der Waals surface area contributed by atoms with Crippen molar-refractivity contribution in [2.75, 3.05) is 18.0 Å². The Hall–Kier alpha value is -1.16. The summed E-state index contributed by atoms with van der Waals surface area (Å²) in [6, 6.07) is 2.10. The molecule has 2 N–H and O–H groups in total. The van der Waals surface area contributed by atoms with Crippen LogP contribution in [0.15, 0.2) is 6.07 Å². The van der Waals surface area contributed by atoms with Gasteiger partial charge in [0.1, 0.15) is 4.99 Å². The summed E-state index contributed by atoms with van der Waals surface area (Å²) in [5.74, 6) is 1.17. The number of rotatable bonds is 6. The van der Waals surface area contributed by atoms with Gasteiger partial charge >= 0.3 is 0 Å². The van der Waals surface area contributed by atoms with Crippen LogP contribution in [-0.2, 0) is 0 Å². The standard InChI is InChI=1S/C16H27N3S/c1-10(2)8-19(9-11(3)4)14-7-12(5)18-13(6)15(14)16(17)20/h7,10-11H,8-9H2,1-6H3,(H2,17,20). The lowest BCUT2D eigenvalue weighted by Crippen LogP contribution is -2.33. The van der Waals surface area contributed by atoms with Crippen molar-refractivity contribution in [2.24, 2.45) is 17.6 Å². The van der Waals surface area contributed by atoms with Crippen molar-refractivity contribution in [1.29, 1.82) is 0 Å². The summed E-state index contributed by atoms with van der Waals surface area (Å²) in [5.41, 5.74) is 9.91. The van der Waals surface area contributed by atoms with Crippen LogP contribution in [0, 0.1) is 25.7 Å². The van der Waals surface area contributed by atoms with Crippen LogP contribution < -0.4 is 10.6 Å². The SMILES string of the molecule is Cc1cc(N(CC(C)C)CC(C)C)c(C(N)=S)c(C)n1. The molecule has 0 aliphatic carbocycles. The van der Waals surface area contributed by atoms with Gasteiger partial charge in [-0.2, -0.15) is 0 Å². The number of nitrogens with zero attached hydrogens (tertiary/aromatic N) is 2. The van der Waals surface area contributed by atoms with Crippen LogP contribution in [0.1, 0.15) is 44.6 Å². The summed E-state index contributed by atoms with van der Waals surface area (Å²) in [7, 11) is 0. The maximum absolute atomic E-state index is 5.93. The van der Waals surface area contributed by atoms with Crippen LogP contribution in [0.5, 0.6) is 0 Å². The molecule has 0 atom stereocenters. The number of pyridine rings is 1. The Bertz CT molecular complexity index is 471. The van der Waals surface area contributed by atoms with Gasteiger partial charge in [0.25, 0.3) is 0 Å². The van der Waals surface area contributed by atoms with Gasteiger partial charge in [0.05, 0.1) is 11.3 Å². The molecule has 3 nitrogen and oxygen atoms in total. The topological polar surface area (TPSA) is 42.1 Å². The van der Waals surface area contributed by atoms with E-state index >= 15 is 0 Å². The Morgan fingerprint density at radius 2 is 1.70 bits per heavy atom. The van der Waals surface area contributed by atoms with Crippen LogP contribution in [-0.4, -0.2) is 23.1 Å². The maximum atomic E-state index is 5.93. The van der Waals surface area contributed by atoms with Gasteiger partial charge in [-0.1, -0.05) is 39.9 Å². The van der Waals surface area contributed by atoms with Crippen LogP contribution in [0.4, 0.5) is 5.69 Å². The minimum atomic E-state index is 0.433. The lowest BCUT2D eigenvalue weighted by atomic mass is 10.1. The van der Waals surface area contributed by atoms with Crippen molar-refractivity contribution in [1.82, 2.24) is 4.98 Å². The van der Waals surface area contributed by atoms with E-state index in [0.717, 1.165) is 35.7 Å². The Morgan fingerprint density at radius 1 is 1.20 bits per heavy atom. The second-order valence-corrected chi connectivity index (χ2v) is 6.74. The molecule has 0 spiro atoms. The number of aromatic nitrogens is 1. The number of anilines is 1. The maximum Gasteiger partial charge on any atom is 0.107 e. The molecule has 0 aliphatic rings. The van der Waals surface area contributed by atoms with Crippen molar-refractivity contribution >= 4 is 22.9 Å². The monoisotopic (exact) mass is 293 g/mol. The van der Waals surface area contributed by atoms with Crippen LogP contribution >= 0.6 is 12.2 Å². The minimum absolute atomic E-state index is 0.433. The number of nitrogens with two attached hydrogens (primary N) is 1. The van der Waals surface area contributed by atoms with Gasteiger partial charge in [0, 0.05) is 24.5 Å². The van der Waals surface area contributed by atoms with Crippen LogP contribution in [0.25, 0.3) is 0 Å². The highest BCUT2D eigenvalue weighted by Gasteiger charge is 2.18. The van der Waals surface area contributed by atoms with E-state index in [4.69, 9.17) is 18.0 Å². The van der Waals surface area contributed by atoms with Gasteiger partial charge in [-0.15, -0.1) is 0 Å². The van der Waals surface area contributed by atoms with Gasteiger partial charge in [-0.3, -0.25) is 4.98 Å². The summed E-state index contributed by atoms with van der Waals surface area (Å²) in [5, 5.41) is 0. The highest BCUT2D eigenvalue weighted by Crippen LogP contribution is 2.26. The molecule has 0 aliphatic heterocycles. The van der Waals surface area contributed by atoms with Crippen molar-refractivity contribution in [3.63, 3.8) is 0 Å². The molecule has 1 heterocycles. The summed E-state index contributed by atoms with van der Waals surface area (Å²) in [6.07, 6.45) is 0. The third-order valence-electron chi connectivity index (χ3n) is 3.07. The van der Waals surface area contributed by atoms with Gasteiger partial charge < -0.3 is 10.6 Å². The first-order valence-corrected chi connectivity index (χ1v) is 7.66. The van der Waals surface area contributed by atoms with E-state index < -0.39 is 0 Å². The fourth-order valence-electron chi connectivity index (χ4n) is 2.51. The van der Waals surface area contributed by atoms with Crippen LogP contribution in [0.3, 0.4) is 0 Å². The Labute approximate surface area is 128 Å². The molecule has 0 bridgehead atoms. The van der Waals surface area contributed by atoms with E-state index in [1.807, 2.05) is 13.8 Å². The molecular formula is C16H27N3S. The Kier molecular flexibility index (Phi) is 5.93. The molecule has 1 rings (SSSR count). The number of thiocarbonyl (C=S) groups is 1. The molecule has 112 valence electrons. The smallest absolute Gasteiger partial charge is 0.107 e.